The zero-order valence-electron chi connectivity index (χ0n) is 11.0. The van der Waals surface area contributed by atoms with Crippen LogP contribution in [0.2, 0.25) is 0 Å². The molecule has 0 spiro atoms. The second-order valence-electron chi connectivity index (χ2n) is 3.66. The average molecular weight is 351 g/mol. The third-order valence-electron chi connectivity index (χ3n) is 1.97. The fourth-order valence-electron chi connectivity index (χ4n) is 1.04. The molecule has 0 aliphatic rings. The second kappa shape index (κ2) is 18.1. The minimum atomic E-state index is -0.932. The number of rotatable bonds is 8. The summed E-state index contributed by atoms with van der Waals surface area (Å²) in [5.41, 5.74) is 0. The molecule has 0 aromatic heterocycles. The zero-order valence-corrected chi connectivity index (χ0v) is 15.0. The molecular weight excluding hydrogens is 327 g/mol. The Hall–Kier alpha value is -0.261. The van der Waals surface area contributed by atoms with Crippen LogP contribution in [0.3, 0.4) is 0 Å². The summed E-state index contributed by atoms with van der Waals surface area (Å²) in [4.78, 5) is 19.5. The first-order valence-electron chi connectivity index (χ1n) is 5.94. The summed E-state index contributed by atoms with van der Waals surface area (Å²) in [6.45, 7) is 4.07. The predicted molar refractivity (Wildman–Crippen MR) is 66.8 cm³/mol. The number of hydrogen-bond donors (Lipinski definition) is 0. The van der Waals surface area contributed by atoms with Crippen molar-refractivity contribution in [3.8, 4) is 0 Å². The van der Waals surface area contributed by atoms with Gasteiger partial charge < -0.3 is 19.8 Å². The number of unbranched alkanes of at least 4 members (excludes halogenated alkanes) is 4. The first-order valence-corrected chi connectivity index (χ1v) is 5.94. The molecule has 0 saturated carbocycles. The van der Waals surface area contributed by atoms with Crippen molar-refractivity contribution in [3.63, 3.8) is 0 Å². The number of carbonyl (C=O) groups excluding carboxylic acids is 2. The molecule has 17 heavy (non-hydrogen) atoms. The summed E-state index contributed by atoms with van der Waals surface area (Å²) in [6, 6.07) is 0. The quantitative estimate of drug-likeness (QED) is 0.445. The fraction of sp³-hybridized carbons (Fsp3) is 0.833. The van der Waals surface area contributed by atoms with E-state index in [1.54, 1.807) is 0 Å². The zero-order chi connectivity index (χ0) is 12.8. The maximum atomic E-state index is 9.76. The molecule has 0 radical (unpaired) electrons. The Balaban J connectivity index is -0.000000218. The summed E-state index contributed by atoms with van der Waals surface area (Å²) in [7, 11) is 0. The topological polar surface area (TPSA) is 80.3 Å². The predicted octanol–water partition coefficient (Wildman–Crippen LogP) is -0.283. The standard InChI is InChI=1S/2C6H12O2.Sn.2H/c2*1-2-3-4-5-6(7)8;;;/h2*2-5H2,1H3,(H,7,8);;;/q;;+2;;/p-2. The van der Waals surface area contributed by atoms with Crippen LogP contribution < -0.4 is 10.2 Å². The van der Waals surface area contributed by atoms with Crippen LogP contribution in [-0.4, -0.2) is 35.8 Å². The van der Waals surface area contributed by atoms with Crippen LogP contribution in [0.1, 0.15) is 65.2 Å². The molecule has 0 aromatic carbocycles. The van der Waals surface area contributed by atoms with Gasteiger partial charge in [0.2, 0.25) is 0 Å². The fourth-order valence-corrected chi connectivity index (χ4v) is 1.04. The molecule has 0 aromatic rings. The minimum absolute atomic E-state index is 0. The Morgan fingerprint density at radius 2 is 1.06 bits per heavy atom. The van der Waals surface area contributed by atoms with Crippen LogP contribution in [0.4, 0.5) is 0 Å². The van der Waals surface area contributed by atoms with Crippen molar-refractivity contribution >= 4 is 35.8 Å². The van der Waals surface area contributed by atoms with Crippen LogP contribution in [0, 0.1) is 0 Å². The Labute approximate surface area is 121 Å². The maximum absolute atomic E-state index is 9.76. The van der Waals surface area contributed by atoms with Gasteiger partial charge in [-0.25, -0.2) is 0 Å². The van der Waals surface area contributed by atoms with E-state index in [4.69, 9.17) is 0 Å². The molecule has 100 valence electrons. The van der Waals surface area contributed by atoms with Gasteiger partial charge in [-0.05, 0) is 25.7 Å². The van der Waals surface area contributed by atoms with Gasteiger partial charge >= 0.3 is 23.9 Å². The molecule has 0 amide bonds. The molecule has 5 heteroatoms. The van der Waals surface area contributed by atoms with Crippen LogP contribution in [0.25, 0.3) is 0 Å². The van der Waals surface area contributed by atoms with Gasteiger partial charge in [-0.3, -0.25) is 0 Å². The van der Waals surface area contributed by atoms with E-state index in [1.165, 1.54) is 0 Å². The number of carboxylic acids is 2. The van der Waals surface area contributed by atoms with E-state index < -0.39 is 11.9 Å². The Morgan fingerprint density at radius 1 is 0.765 bits per heavy atom. The van der Waals surface area contributed by atoms with Gasteiger partial charge in [-0.15, -0.1) is 0 Å². The monoisotopic (exact) mass is 352 g/mol. The van der Waals surface area contributed by atoms with Crippen molar-refractivity contribution in [3.05, 3.63) is 0 Å². The van der Waals surface area contributed by atoms with Gasteiger partial charge in [0.05, 0.1) is 0 Å². The molecule has 0 aliphatic carbocycles. The average Bonchev–Trinajstić information content (AvgIpc) is 2.18. The number of carboxylic acid groups (broad SMARTS) is 2. The van der Waals surface area contributed by atoms with E-state index in [-0.39, 0.29) is 36.7 Å². The van der Waals surface area contributed by atoms with Crippen molar-refractivity contribution in [1.29, 1.82) is 0 Å². The first-order chi connectivity index (χ1) is 7.54. The van der Waals surface area contributed by atoms with Crippen LogP contribution in [-0.2, 0) is 9.59 Å². The van der Waals surface area contributed by atoms with Crippen molar-refractivity contribution in [2.45, 2.75) is 65.2 Å². The van der Waals surface area contributed by atoms with Gasteiger partial charge in [0.25, 0.3) is 0 Å². The molecule has 0 saturated heterocycles. The van der Waals surface area contributed by atoms with E-state index in [2.05, 4.69) is 0 Å². The third kappa shape index (κ3) is 31.3. The van der Waals surface area contributed by atoms with E-state index in [1.807, 2.05) is 13.8 Å². The van der Waals surface area contributed by atoms with Gasteiger partial charge in [0.1, 0.15) is 0 Å². The van der Waals surface area contributed by atoms with E-state index in [0.717, 1.165) is 38.5 Å². The normalized spacial score (nSPS) is 8.59. The van der Waals surface area contributed by atoms with E-state index in [0.29, 0.717) is 0 Å². The molecule has 4 nitrogen and oxygen atoms in total. The second-order valence-corrected chi connectivity index (χ2v) is 3.66. The van der Waals surface area contributed by atoms with Gasteiger partial charge in [-0.2, -0.15) is 0 Å². The van der Waals surface area contributed by atoms with Crippen LogP contribution in [0.5, 0.6) is 0 Å². The Bertz CT molecular complexity index is 163. The summed E-state index contributed by atoms with van der Waals surface area (Å²) in [5, 5.41) is 19.5. The summed E-state index contributed by atoms with van der Waals surface area (Å²) in [6.07, 6.45) is 6.07. The van der Waals surface area contributed by atoms with Crippen molar-refractivity contribution in [2.24, 2.45) is 0 Å². The SMILES string of the molecule is CCCCCC(=O)[O-].CCCCCC(=O)[O-].[SnH2+2]. The van der Waals surface area contributed by atoms with Crippen molar-refractivity contribution < 1.29 is 19.8 Å². The summed E-state index contributed by atoms with van der Waals surface area (Å²) >= 11 is 0. The van der Waals surface area contributed by atoms with E-state index in [9.17, 15) is 19.8 Å². The van der Waals surface area contributed by atoms with Crippen LogP contribution >= 0.6 is 0 Å². The molecule has 0 N–H and O–H groups in total. The molecule has 0 bridgehead atoms. The molecule has 0 aliphatic heterocycles. The molecule has 0 heterocycles. The number of carbonyl (C=O) groups is 2. The molecule has 0 fully saturated rings. The molecule has 0 rings (SSSR count). The van der Waals surface area contributed by atoms with Crippen molar-refractivity contribution in [2.75, 3.05) is 0 Å². The third-order valence-corrected chi connectivity index (χ3v) is 1.97. The van der Waals surface area contributed by atoms with E-state index >= 15 is 0 Å². The van der Waals surface area contributed by atoms with Gasteiger partial charge in [0, 0.05) is 11.9 Å². The molecular formula is C12H24O4Sn. The van der Waals surface area contributed by atoms with Crippen molar-refractivity contribution in [1.82, 2.24) is 0 Å². The number of hydrogen-bond acceptors (Lipinski definition) is 4. The first kappa shape index (κ1) is 22.0. The molecule has 0 unspecified atom stereocenters. The Morgan fingerprint density at radius 3 is 1.24 bits per heavy atom. The van der Waals surface area contributed by atoms with Crippen LogP contribution in [0.15, 0.2) is 0 Å². The van der Waals surface area contributed by atoms with Gasteiger partial charge in [0.15, 0.2) is 0 Å². The summed E-state index contributed by atoms with van der Waals surface area (Å²) < 4.78 is 0. The van der Waals surface area contributed by atoms with Gasteiger partial charge in [-0.1, -0.05) is 39.5 Å². The summed E-state index contributed by atoms with van der Waals surface area (Å²) in [5.74, 6) is -1.86. The Kier molecular flexibility index (Phi) is 23.4. The number of aliphatic carboxylic acids is 2. The molecule has 0 atom stereocenters.